The molecular formula is C25H26N2O3S. The van der Waals surface area contributed by atoms with Crippen LogP contribution in [0.1, 0.15) is 35.3 Å². The molecule has 0 aliphatic rings. The quantitative estimate of drug-likeness (QED) is 0.485. The first-order chi connectivity index (χ1) is 15.0. The predicted octanol–water partition coefficient (Wildman–Crippen LogP) is 4.95. The van der Waals surface area contributed by atoms with Crippen LogP contribution < -0.4 is 9.62 Å². The summed E-state index contributed by atoms with van der Waals surface area (Å²) in [6.07, 6.45) is 2.29. The second-order valence-corrected chi connectivity index (χ2v) is 8.89. The van der Waals surface area contributed by atoms with Crippen molar-refractivity contribution in [3.8, 4) is 0 Å². The first-order valence-electron chi connectivity index (χ1n) is 10.1. The average molecular weight is 435 g/mol. The van der Waals surface area contributed by atoms with Crippen molar-refractivity contribution < 1.29 is 13.2 Å². The maximum absolute atomic E-state index is 13.1. The lowest BCUT2D eigenvalue weighted by Gasteiger charge is -2.23. The fourth-order valence-electron chi connectivity index (χ4n) is 3.31. The fourth-order valence-corrected chi connectivity index (χ4v) is 4.76. The van der Waals surface area contributed by atoms with E-state index in [4.69, 9.17) is 0 Å². The zero-order chi connectivity index (χ0) is 22.3. The minimum atomic E-state index is -3.75. The van der Waals surface area contributed by atoms with Gasteiger partial charge in [-0.3, -0.25) is 9.10 Å². The molecule has 31 heavy (non-hydrogen) atoms. The van der Waals surface area contributed by atoms with Crippen LogP contribution in [0.25, 0.3) is 0 Å². The van der Waals surface area contributed by atoms with E-state index in [9.17, 15) is 13.2 Å². The molecule has 0 saturated carbocycles. The van der Waals surface area contributed by atoms with E-state index in [1.165, 1.54) is 10.4 Å². The van der Waals surface area contributed by atoms with Gasteiger partial charge in [-0.15, -0.1) is 6.58 Å². The first kappa shape index (κ1) is 22.3. The standard InChI is InChI=1S/C25H26N2O3S/c1-3-19-27(31(29,30)23-13-9-6-10-14-23)22-17-15-21(16-18-22)25(28)26-24(4-2)20-11-7-5-8-12-20/h3,5-18,24H,1,4,19H2,2H3,(H,26,28). The topological polar surface area (TPSA) is 66.5 Å². The van der Waals surface area contributed by atoms with E-state index >= 15 is 0 Å². The van der Waals surface area contributed by atoms with Gasteiger partial charge in [0, 0.05) is 5.56 Å². The van der Waals surface area contributed by atoms with Crippen molar-refractivity contribution in [1.82, 2.24) is 5.32 Å². The molecule has 1 unspecified atom stereocenters. The van der Waals surface area contributed by atoms with Gasteiger partial charge in [-0.25, -0.2) is 8.42 Å². The SMILES string of the molecule is C=CCN(c1ccc(C(=O)NC(CC)c2ccccc2)cc1)S(=O)(=O)c1ccccc1. The number of sulfonamides is 1. The predicted molar refractivity (Wildman–Crippen MR) is 125 cm³/mol. The molecule has 3 aromatic rings. The van der Waals surface area contributed by atoms with Crippen molar-refractivity contribution in [2.24, 2.45) is 0 Å². The molecule has 1 atom stereocenters. The molecule has 0 spiro atoms. The van der Waals surface area contributed by atoms with Crippen LogP contribution in [0.5, 0.6) is 0 Å². The van der Waals surface area contributed by atoms with Crippen LogP contribution >= 0.6 is 0 Å². The Balaban J connectivity index is 1.82. The van der Waals surface area contributed by atoms with Crippen LogP contribution in [0.3, 0.4) is 0 Å². The van der Waals surface area contributed by atoms with Gasteiger partial charge in [0.2, 0.25) is 0 Å². The van der Waals surface area contributed by atoms with E-state index in [1.807, 2.05) is 37.3 Å². The van der Waals surface area contributed by atoms with E-state index in [0.29, 0.717) is 11.3 Å². The molecule has 3 aromatic carbocycles. The Labute approximate surface area is 184 Å². The van der Waals surface area contributed by atoms with Crippen molar-refractivity contribution in [3.05, 3.63) is 109 Å². The van der Waals surface area contributed by atoms with Gasteiger partial charge in [-0.2, -0.15) is 0 Å². The monoisotopic (exact) mass is 434 g/mol. The molecule has 0 aromatic heterocycles. The zero-order valence-electron chi connectivity index (χ0n) is 17.4. The van der Waals surface area contributed by atoms with Crippen molar-refractivity contribution in [2.75, 3.05) is 10.8 Å². The van der Waals surface area contributed by atoms with E-state index in [-0.39, 0.29) is 23.4 Å². The number of amides is 1. The summed E-state index contributed by atoms with van der Waals surface area (Å²) in [5.74, 6) is -0.205. The summed E-state index contributed by atoms with van der Waals surface area (Å²) in [7, 11) is -3.75. The fraction of sp³-hybridized carbons (Fsp3) is 0.160. The van der Waals surface area contributed by atoms with Gasteiger partial charge in [-0.05, 0) is 48.4 Å². The third-order valence-corrected chi connectivity index (χ3v) is 6.77. The van der Waals surface area contributed by atoms with Crippen LogP contribution in [-0.4, -0.2) is 20.9 Å². The van der Waals surface area contributed by atoms with E-state index in [0.717, 1.165) is 12.0 Å². The third-order valence-electron chi connectivity index (χ3n) is 4.96. The summed E-state index contributed by atoms with van der Waals surface area (Å²) in [4.78, 5) is 13.0. The molecule has 6 heteroatoms. The van der Waals surface area contributed by atoms with Crippen molar-refractivity contribution in [3.63, 3.8) is 0 Å². The number of hydrogen-bond donors (Lipinski definition) is 1. The minimum Gasteiger partial charge on any atom is -0.345 e. The zero-order valence-corrected chi connectivity index (χ0v) is 18.3. The number of rotatable bonds is 9. The number of carbonyl (C=O) groups is 1. The largest absolute Gasteiger partial charge is 0.345 e. The lowest BCUT2D eigenvalue weighted by Crippen LogP contribution is -2.31. The minimum absolute atomic E-state index is 0.0934. The number of nitrogens with one attached hydrogen (secondary N) is 1. The molecule has 0 saturated heterocycles. The van der Waals surface area contributed by atoms with Crippen LogP contribution in [0, 0.1) is 0 Å². The second-order valence-electron chi connectivity index (χ2n) is 7.03. The summed E-state index contributed by atoms with van der Waals surface area (Å²) in [5.41, 5.74) is 1.98. The van der Waals surface area contributed by atoms with Gasteiger partial charge in [0.05, 0.1) is 23.2 Å². The molecule has 1 N–H and O–H groups in total. The molecule has 0 heterocycles. The highest BCUT2D eigenvalue weighted by molar-refractivity contribution is 7.92. The summed E-state index contributed by atoms with van der Waals surface area (Å²) in [5, 5.41) is 3.04. The van der Waals surface area contributed by atoms with Gasteiger partial charge < -0.3 is 5.32 Å². The molecule has 0 bridgehead atoms. The van der Waals surface area contributed by atoms with Crippen molar-refractivity contribution in [1.29, 1.82) is 0 Å². The van der Waals surface area contributed by atoms with Crippen LogP contribution in [0.4, 0.5) is 5.69 Å². The van der Waals surface area contributed by atoms with Crippen LogP contribution in [0.15, 0.2) is 102 Å². The molecule has 160 valence electrons. The van der Waals surface area contributed by atoms with Crippen molar-refractivity contribution in [2.45, 2.75) is 24.3 Å². The second kappa shape index (κ2) is 10.1. The summed E-state index contributed by atoms with van der Waals surface area (Å²) in [6.45, 7) is 5.82. The highest BCUT2D eigenvalue weighted by Crippen LogP contribution is 2.24. The Hall–Kier alpha value is -3.38. The summed E-state index contributed by atoms with van der Waals surface area (Å²) < 4.78 is 27.4. The van der Waals surface area contributed by atoms with Gasteiger partial charge in [0.1, 0.15) is 0 Å². The Bertz CT molecular complexity index is 1110. The summed E-state index contributed by atoms with van der Waals surface area (Å²) >= 11 is 0. The lowest BCUT2D eigenvalue weighted by atomic mass is 10.0. The number of carbonyl (C=O) groups excluding carboxylic acids is 1. The van der Waals surface area contributed by atoms with Gasteiger partial charge in [0.25, 0.3) is 15.9 Å². The highest BCUT2D eigenvalue weighted by atomic mass is 32.2. The number of nitrogens with zero attached hydrogens (tertiary/aromatic N) is 1. The summed E-state index contributed by atoms with van der Waals surface area (Å²) in [6, 6.07) is 24.5. The smallest absolute Gasteiger partial charge is 0.264 e. The Morgan fingerprint density at radius 3 is 2.10 bits per heavy atom. The first-order valence-corrected chi connectivity index (χ1v) is 11.6. The van der Waals surface area contributed by atoms with Crippen LogP contribution in [0.2, 0.25) is 0 Å². The maximum atomic E-state index is 13.1. The van der Waals surface area contributed by atoms with Crippen molar-refractivity contribution >= 4 is 21.6 Å². The number of benzene rings is 3. The van der Waals surface area contributed by atoms with E-state index in [2.05, 4.69) is 11.9 Å². The highest BCUT2D eigenvalue weighted by Gasteiger charge is 2.24. The Morgan fingerprint density at radius 2 is 1.55 bits per heavy atom. The molecule has 0 radical (unpaired) electrons. The average Bonchev–Trinajstić information content (AvgIpc) is 2.82. The molecule has 3 rings (SSSR count). The molecule has 5 nitrogen and oxygen atoms in total. The maximum Gasteiger partial charge on any atom is 0.264 e. The number of anilines is 1. The number of hydrogen-bond acceptors (Lipinski definition) is 3. The van der Waals surface area contributed by atoms with Gasteiger partial charge in [-0.1, -0.05) is 61.5 Å². The molecule has 1 amide bonds. The Kier molecular flexibility index (Phi) is 7.26. The molecular weight excluding hydrogens is 408 g/mol. The molecule has 0 aliphatic heterocycles. The van der Waals surface area contributed by atoms with Crippen LogP contribution in [-0.2, 0) is 10.0 Å². The van der Waals surface area contributed by atoms with E-state index < -0.39 is 10.0 Å². The lowest BCUT2D eigenvalue weighted by molar-refractivity contribution is 0.0935. The Morgan fingerprint density at radius 1 is 0.968 bits per heavy atom. The van der Waals surface area contributed by atoms with E-state index in [1.54, 1.807) is 54.6 Å². The normalized spacial score (nSPS) is 12.0. The molecule has 0 fully saturated rings. The molecule has 0 aliphatic carbocycles. The third kappa shape index (κ3) is 5.22. The van der Waals surface area contributed by atoms with Gasteiger partial charge >= 0.3 is 0 Å². The van der Waals surface area contributed by atoms with Gasteiger partial charge in [0.15, 0.2) is 0 Å².